The van der Waals surface area contributed by atoms with Crippen molar-refractivity contribution in [3.63, 3.8) is 0 Å². The predicted octanol–water partition coefficient (Wildman–Crippen LogP) is -0.121. The molecule has 2 rings (SSSR count). The maximum Gasteiger partial charge on any atom is 0.325 e. The Labute approximate surface area is 112 Å². The minimum atomic E-state index is -3.64. The molecule has 0 saturated carbocycles. The zero-order valence-corrected chi connectivity index (χ0v) is 11.4. The molecule has 6 nitrogen and oxygen atoms in total. The van der Waals surface area contributed by atoms with Crippen molar-refractivity contribution < 1.29 is 17.9 Å². The van der Waals surface area contributed by atoms with Gasteiger partial charge in [0.1, 0.15) is 6.54 Å². The van der Waals surface area contributed by atoms with Crippen LogP contribution in [0.4, 0.5) is 5.69 Å². The first-order valence-corrected chi connectivity index (χ1v) is 7.44. The van der Waals surface area contributed by atoms with Crippen molar-refractivity contribution in [3.05, 3.63) is 29.8 Å². The third-order valence-electron chi connectivity index (χ3n) is 3.22. The van der Waals surface area contributed by atoms with Crippen LogP contribution in [-0.4, -0.2) is 39.8 Å². The Kier molecular flexibility index (Phi) is 3.77. The van der Waals surface area contributed by atoms with Gasteiger partial charge < -0.3 is 9.64 Å². The molecule has 0 spiro atoms. The number of methoxy groups -OCH3 is 1. The Bertz CT molecular complexity index is 585. The van der Waals surface area contributed by atoms with Crippen molar-refractivity contribution >= 4 is 21.7 Å². The van der Waals surface area contributed by atoms with E-state index in [4.69, 9.17) is 5.14 Å². The molecule has 0 radical (unpaired) electrons. The number of esters is 1. The molecule has 1 aliphatic heterocycles. The molecule has 2 N–H and O–H groups in total. The summed E-state index contributed by atoms with van der Waals surface area (Å²) in [6.45, 7) is 0.213. The Morgan fingerprint density at radius 2 is 2.16 bits per heavy atom. The SMILES string of the molecule is COC(=O)CN1C[C@@H](S(N)(=O)=O)Cc2ccccc21. The number of sulfonamides is 1. The van der Waals surface area contributed by atoms with Crippen molar-refractivity contribution in [1.82, 2.24) is 0 Å². The largest absolute Gasteiger partial charge is 0.468 e. The number of rotatable bonds is 3. The molecule has 7 heteroatoms. The number of hydrogen-bond acceptors (Lipinski definition) is 5. The molecule has 104 valence electrons. The highest BCUT2D eigenvalue weighted by molar-refractivity contribution is 7.89. The van der Waals surface area contributed by atoms with Crippen molar-refractivity contribution in [1.29, 1.82) is 0 Å². The monoisotopic (exact) mass is 284 g/mol. The number of benzene rings is 1. The molecule has 0 aliphatic carbocycles. The summed E-state index contributed by atoms with van der Waals surface area (Å²) in [4.78, 5) is 13.1. The lowest BCUT2D eigenvalue weighted by molar-refractivity contribution is -0.138. The predicted molar refractivity (Wildman–Crippen MR) is 71.3 cm³/mol. The van der Waals surface area contributed by atoms with Gasteiger partial charge in [-0.05, 0) is 18.1 Å². The molecule has 0 fully saturated rings. The van der Waals surface area contributed by atoms with Gasteiger partial charge in [-0.25, -0.2) is 13.6 Å². The smallest absolute Gasteiger partial charge is 0.325 e. The maximum atomic E-state index is 11.5. The number of primary sulfonamides is 1. The van der Waals surface area contributed by atoms with Crippen LogP contribution >= 0.6 is 0 Å². The van der Waals surface area contributed by atoms with Crippen LogP contribution < -0.4 is 10.0 Å². The number of nitrogens with two attached hydrogens (primary N) is 1. The number of fused-ring (bicyclic) bond motifs is 1. The number of para-hydroxylation sites is 1. The van der Waals surface area contributed by atoms with Crippen molar-refractivity contribution in [2.24, 2.45) is 5.14 Å². The Morgan fingerprint density at radius 1 is 1.47 bits per heavy atom. The second kappa shape index (κ2) is 5.18. The van der Waals surface area contributed by atoms with Crippen LogP contribution in [-0.2, 0) is 26.0 Å². The number of anilines is 1. The number of ether oxygens (including phenoxy) is 1. The molecular weight excluding hydrogens is 268 g/mol. The van der Waals surface area contributed by atoms with Crippen molar-refractivity contribution in [2.75, 3.05) is 25.1 Å². The first kappa shape index (κ1) is 13.8. The zero-order chi connectivity index (χ0) is 14.0. The summed E-state index contributed by atoms with van der Waals surface area (Å²) in [7, 11) is -2.34. The lowest BCUT2D eigenvalue weighted by atomic mass is 10.0. The molecule has 1 atom stereocenters. The summed E-state index contributed by atoms with van der Waals surface area (Å²) in [6, 6.07) is 7.38. The Hall–Kier alpha value is -1.60. The standard InChI is InChI=1S/C12H16N2O4S/c1-18-12(15)8-14-7-10(19(13,16)17)6-9-4-2-3-5-11(9)14/h2-5,10H,6-8H2,1H3,(H2,13,16,17)/t10-/m0/s1. The van der Waals surface area contributed by atoms with Gasteiger partial charge in [-0.15, -0.1) is 0 Å². The van der Waals surface area contributed by atoms with Gasteiger partial charge in [-0.2, -0.15) is 0 Å². The molecule has 0 bridgehead atoms. The van der Waals surface area contributed by atoms with Gasteiger partial charge in [0, 0.05) is 12.2 Å². The molecule has 19 heavy (non-hydrogen) atoms. The van der Waals surface area contributed by atoms with Crippen LogP contribution in [0.15, 0.2) is 24.3 Å². The van der Waals surface area contributed by atoms with Gasteiger partial charge in [-0.1, -0.05) is 18.2 Å². The lowest BCUT2D eigenvalue weighted by Gasteiger charge is -2.34. The topological polar surface area (TPSA) is 89.7 Å². The average molecular weight is 284 g/mol. The van der Waals surface area contributed by atoms with Crippen molar-refractivity contribution in [2.45, 2.75) is 11.7 Å². The van der Waals surface area contributed by atoms with E-state index in [1.54, 1.807) is 4.90 Å². The van der Waals surface area contributed by atoms with E-state index in [2.05, 4.69) is 4.74 Å². The minimum absolute atomic E-state index is 0.0134. The number of hydrogen-bond donors (Lipinski definition) is 1. The van der Waals surface area contributed by atoms with Gasteiger partial charge in [0.2, 0.25) is 10.0 Å². The summed E-state index contributed by atoms with van der Waals surface area (Å²) in [5.74, 6) is -0.412. The normalized spacial score (nSPS) is 18.8. The van der Waals surface area contributed by atoms with Crippen LogP contribution in [0, 0.1) is 0 Å². The summed E-state index contributed by atoms with van der Waals surface area (Å²) >= 11 is 0. The maximum absolute atomic E-state index is 11.5. The van der Waals surface area contributed by atoms with E-state index in [0.717, 1.165) is 11.3 Å². The third-order valence-corrected chi connectivity index (χ3v) is 4.46. The highest BCUT2D eigenvalue weighted by Crippen LogP contribution is 2.28. The Morgan fingerprint density at radius 3 is 2.79 bits per heavy atom. The highest BCUT2D eigenvalue weighted by atomic mass is 32.2. The minimum Gasteiger partial charge on any atom is -0.468 e. The second-order valence-corrected chi connectivity index (χ2v) is 6.35. The molecule has 0 unspecified atom stereocenters. The average Bonchev–Trinajstić information content (AvgIpc) is 2.37. The number of nitrogens with zero attached hydrogens (tertiary/aromatic N) is 1. The number of carbonyl (C=O) groups excluding carboxylic acids is 1. The van der Waals surface area contributed by atoms with Crippen LogP contribution in [0.25, 0.3) is 0 Å². The highest BCUT2D eigenvalue weighted by Gasteiger charge is 2.32. The fraction of sp³-hybridized carbons (Fsp3) is 0.417. The quantitative estimate of drug-likeness (QED) is 0.782. The van der Waals surface area contributed by atoms with E-state index in [1.807, 2.05) is 24.3 Å². The lowest BCUT2D eigenvalue weighted by Crippen LogP contribution is -2.47. The zero-order valence-electron chi connectivity index (χ0n) is 10.6. The van der Waals surface area contributed by atoms with Crippen LogP contribution in [0.5, 0.6) is 0 Å². The molecule has 1 aromatic carbocycles. The second-order valence-electron chi connectivity index (χ2n) is 4.50. The van der Waals surface area contributed by atoms with Gasteiger partial charge in [0.25, 0.3) is 0 Å². The van der Waals surface area contributed by atoms with E-state index in [-0.39, 0.29) is 13.1 Å². The summed E-state index contributed by atoms with van der Waals surface area (Å²) in [5, 5.41) is 4.52. The fourth-order valence-electron chi connectivity index (χ4n) is 2.24. The first-order valence-electron chi connectivity index (χ1n) is 5.83. The van der Waals surface area contributed by atoms with Gasteiger partial charge >= 0.3 is 5.97 Å². The van der Waals surface area contributed by atoms with Gasteiger partial charge in [0.05, 0.1) is 12.4 Å². The van der Waals surface area contributed by atoms with Crippen LogP contribution in [0.3, 0.4) is 0 Å². The molecule has 0 aromatic heterocycles. The molecular formula is C12H16N2O4S. The summed E-state index contributed by atoms with van der Waals surface area (Å²) in [5.41, 5.74) is 1.73. The summed E-state index contributed by atoms with van der Waals surface area (Å²) < 4.78 is 27.7. The van der Waals surface area contributed by atoms with E-state index >= 15 is 0 Å². The van der Waals surface area contributed by atoms with Crippen LogP contribution in [0.2, 0.25) is 0 Å². The summed E-state index contributed by atoms with van der Waals surface area (Å²) in [6.07, 6.45) is 0.368. The number of carbonyl (C=O) groups is 1. The van der Waals surface area contributed by atoms with Gasteiger partial charge in [-0.3, -0.25) is 4.79 Å². The third kappa shape index (κ3) is 3.05. The molecule has 1 aliphatic rings. The molecule has 0 amide bonds. The fourth-order valence-corrected chi connectivity index (χ4v) is 3.04. The van der Waals surface area contributed by atoms with Gasteiger partial charge in [0.15, 0.2) is 0 Å². The first-order chi connectivity index (χ1) is 8.91. The molecule has 0 saturated heterocycles. The van der Waals surface area contributed by atoms with E-state index in [9.17, 15) is 13.2 Å². The van der Waals surface area contributed by atoms with E-state index in [1.165, 1.54) is 7.11 Å². The molecule has 1 heterocycles. The van der Waals surface area contributed by atoms with Crippen molar-refractivity contribution in [3.8, 4) is 0 Å². The van der Waals surface area contributed by atoms with E-state index in [0.29, 0.717) is 6.42 Å². The van der Waals surface area contributed by atoms with Crippen LogP contribution in [0.1, 0.15) is 5.56 Å². The molecule has 1 aromatic rings. The Balaban J connectivity index is 2.34. The van der Waals surface area contributed by atoms with E-state index < -0.39 is 21.2 Å².